The van der Waals surface area contributed by atoms with Crippen LogP contribution in [-0.2, 0) is 6.42 Å². The Morgan fingerprint density at radius 2 is 2.05 bits per heavy atom. The van der Waals surface area contributed by atoms with E-state index in [9.17, 15) is 0 Å². The van der Waals surface area contributed by atoms with Crippen LogP contribution in [0.2, 0.25) is 0 Å². The van der Waals surface area contributed by atoms with Gasteiger partial charge in [-0.25, -0.2) is 15.0 Å². The van der Waals surface area contributed by atoms with E-state index in [0.29, 0.717) is 5.92 Å². The third-order valence-corrected chi connectivity index (χ3v) is 4.28. The van der Waals surface area contributed by atoms with E-state index in [-0.39, 0.29) is 0 Å². The van der Waals surface area contributed by atoms with Crippen molar-refractivity contribution in [2.24, 2.45) is 0 Å². The molecular formula is C14H19N5S. The van der Waals surface area contributed by atoms with Crippen LogP contribution in [0, 0.1) is 6.92 Å². The van der Waals surface area contributed by atoms with Gasteiger partial charge in [0.1, 0.15) is 17.5 Å². The highest BCUT2D eigenvalue weighted by atomic mass is 32.1. The molecular weight excluding hydrogens is 270 g/mol. The van der Waals surface area contributed by atoms with Crippen molar-refractivity contribution in [2.75, 3.05) is 24.2 Å². The van der Waals surface area contributed by atoms with Crippen LogP contribution in [0.25, 0.3) is 0 Å². The van der Waals surface area contributed by atoms with Crippen molar-refractivity contribution in [1.29, 1.82) is 0 Å². The number of thiazole rings is 1. The maximum atomic E-state index is 4.60. The zero-order valence-corrected chi connectivity index (χ0v) is 12.6. The number of nitrogens with zero attached hydrogens (tertiary/aromatic N) is 3. The average Bonchev–Trinajstić information content (AvgIpc) is 3.22. The van der Waals surface area contributed by atoms with Gasteiger partial charge in [0.2, 0.25) is 0 Å². The number of rotatable bonds is 6. The zero-order chi connectivity index (χ0) is 13.9. The maximum Gasteiger partial charge on any atom is 0.136 e. The zero-order valence-electron chi connectivity index (χ0n) is 11.8. The number of aryl methyl sites for hydroxylation is 1. The molecule has 0 saturated heterocycles. The summed E-state index contributed by atoms with van der Waals surface area (Å²) in [5, 5.41) is 9.73. The van der Waals surface area contributed by atoms with E-state index < -0.39 is 0 Å². The van der Waals surface area contributed by atoms with E-state index >= 15 is 0 Å². The standard InChI is InChI=1S/C14H19N5S/c1-9-8-20-13(17-9)5-6-16-12-7-11(15-2)18-14(19-12)10-3-4-10/h7-8,10H,3-6H2,1-2H3,(H2,15,16,18,19). The van der Waals surface area contributed by atoms with Gasteiger partial charge in [0.25, 0.3) is 0 Å². The average molecular weight is 289 g/mol. The number of anilines is 2. The lowest BCUT2D eigenvalue weighted by molar-refractivity contribution is 0.913. The van der Waals surface area contributed by atoms with Gasteiger partial charge in [-0.05, 0) is 19.8 Å². The highest BCUT2D eigenvalue weighted by Crippen LogP contribution is 2.38. The van der Waals surface area contributed by atoms with Gasteiger partial charge in [-0.15, -0.1) is 11.3 Å². The third-order valence-electron chi connectivity index (χ3n) is 3.25. The quantitative estimate of drug-likeness (QED) is 0.856. The van der Waals surface area contributed by atoms with Crippen LogP contribution in [0.15, 0.2) is 11.4 Å². The number of hydrogen-bond acceptors (Lipinski definition) is 6. The summed E-state index contributed by atoms with van der Waals surface area (Å²) >= 11 is 1.71. The van der Waals surface area contributed by atoms with Crippen LogP contribution in [-0.4, -0.2) is 28.5 Å². The molecule has 0 radical (unpaired) electrons. The fraction of sp³-hybridized carbons (Fsp3) is 0.500. The lowest BCUT2D eigenvalue weighted by Crippen LogP contribution is -2.09. The predicted molar refractivity (Wildman–Crippen MR) is 82.6 cm³/mol. The van der Waals surface area contributed by atoms with Crippen molar-refractivity contribution < 1.29 is 0 Å². The van der Waals surface area contributed by atoms with Crippen molar-refractivity contribution in [1.82, 2.24) is 15.0 Å². The first-order valence-electron chi connectivity index (χ1n) is 6.96. The van der Waals surface area contributed by atoms with Crippen molar-refractivity contribution >= 4 is 23.0 Å². The van der Waals surface area contributed by atoms with Gasteiger partial charge in [-0.2, -0.15) is 0 Å². The molecule has 3 rings (SSSR count). The van der Waals surface area contributed by atoms with Crippen LogP contribution in [0.1, 0.15) is 35.3 Å². The van der Waals surface area contributed by atoms with Crippen LogP contribution in [0.3, 0.4) is 0 Å². The highest BCUT2D eigenvalue weighted by molar-refractivity contribution is 7.09. The monoisotopic (exact) mass is 289 g/mol. The van der Waals surface area contributed by atoms with Gasteiger partial charge in [0, 0.05) is 43.1 Å². The Morgan fingerprint density at radius 1 is 1.25 bits per heavy atom. The van der Waals surface area contributed by atoms with Crippen LogP contribution in [0.4, 0.5) is 11.6 Å². The van der Waals surface area contributed by atoms with Crippen LogP contribution < -0.4 is 10.6 Å². The molecule has 20 heavy (non-hydrogen) atoms. The fourth-order valence-corrected chi connectivity index (χ4v) is 2.80. The van der Waals surface area contributed by atoms with Crippen LogP contribution >= 0.6 is 11.3 Å². The normalized spacial score (nSPS) is 14.3. The molecule has 6 heteroatoms. The molecule has 1 fully saturated rings. The molecule has 2 aromatic heterocycles. The lowest BCUT2D eigenvalue weighted by atomic mass is 10.3. The molecule has 0 aromatic carbocycles. The van der Waals surface area contributed by atoms with Gasteiger partial charge >= 0.3 is 0 Å². The maximum absolute atomic E-state index is 4.60. The molecule has 2 heterocycles. The third kappa shape index (κ3) is 3.25. The van der Waals surface area contributed by atoms with Crippen molar-refractivity contribution in [2.45, 2.75) is 32.1 Å². The van der Waals surface area contributed by atoms with Crippen LogP contribution in [0.5, 0.6) is 0 Å². The topological polar surface area (TPSA) is 62.7 Å². The lowest BCUT2D eigenvalue weighted by Gasteiger charge is -2.09. The van der Waals surface area contributed by atoms with Gasteiger partial charge in [0.05, 0.1) is 5.01 Å². The van der Waals surface area contributed by atoms with E-state index in [2.05, 4.69) is 31.0 Å². The molecule has 5 nitrogen and oxygen atoms in total. The molecule has 2 aromatic rings. The summed E-state index contributed by atoms with van der Waals surface area (Å²) in [4.78, 5) is 13.6. The summed E-state index contributed by atoms with van der Waals surface area (Å²) in [6.45, 7) is 2.87. The Morgan fingerprint density at radius 3 is 2.70 bits per heavy atom. The second-order valence-electron chi connectivity index (χ2n) is 5.08. The van der Waals surface area contributed by atoms with Gasteiger partial charge in [0.15, 0.2) is 0 Å². The Bertz CT molecular complexity index is 591. The van der Waals surface area contributed by atoms with Gasteiger partial charge < -0.3 is 10.6 Å². The van der Waals surface area contributed by atoms with E-state index in [1.165, 1.54) is 17.8 Å². The highest BCUT2D eigenvalue weighted by Gasteiger charge is 2.27. The first kappa shape index (κ1) is 13.3. The minimum atomic E-state index is 0.561. The molecule has 2 N–H and O–H groups in total. The second kappa shape index (κ2) is 5.75. The van der Waals surface area contributed by atoms with Crippen molar-refractivity contribution in [3.8, 4) is 0 Å². The Labute approximate surface area is 122 Å². The first-order chi connectivity index (χ1) is 9.74. The van der Waals surface area contributed by atoms with Crippen molar-refractivity contribution in [3.63, 3.8) is 0 Å². The summed E-state index contributed by atoms with van der Waals surface area (Å²) in [6.07, 6.45) is 3.35. The molecule has 106 valence electrons. The van der Waals surface area contributed by atoms with E-state index in [1.54, 1.807) is 11.3 Å². The SMILES string of the molecule is CNc1cc(NCCc2nc(C)cs2)nc(C2CC2)n1. The molecule has 0 aliphatic heterocycles. The summed E-state index contributed by atoms with van der Waals surface area (Å²) in [5.41, 5.74) is 1.10. The number of aromatic nitrogens is 3. The smallest absolute Gasteiger partial charge is 0.136 e. The van der Waals surface area contributed by atoms with E-state index in [4.69, 9.17) is 0 Å². The summed E-state index contributed by atoms with van der Waals surface area (Å²) in [7, 11) is 1.89. The molecule has 1 aliphatic rings. The molecule has 0 spiro atoms. The van der Waals surface area contributed by atoms with Gasteiger partial charge in [-0.1, -0.05) is 0 Å². The minimum absolute atomic E-state index is 0.561. The Balaban J connectivity index is 1.62. The number of hydrogen-bond donors (Lipinski definition) is 2. The summed E-state index contributed by atoms with van der Waals surface area (Å²) < 4.78 is 0. The molecule has 0 bridgehead atoms. The predicted octanol–water partition coefficient (Wildman–Crippen LogP) is 2.82. The van der Waals surface area contributed by atoms with Crippen molar-refractivity contribution in [3.05, 3.63) is 28.0 Å². The van der Waals surface area contributed by atoms with E-state index in [0.717, 1.165) is 36.1 Å². The molecule has 0 unspecified atom stereocenters. The summed E-state index contributed by atoms with van der Waals surface area (Å²) in [6, 6.07) is 1.96. The largest absolute Gasteiger partial charge is 0.373 e. The molecule has 1 saturated carbocycles. The molecule has 1 aliphatic carbocycles. The first-order valence-corrected chi connectivity index (χ1v) is 7.84. The summed E-state index contributed by atoms with van der Waals surface area (Å²) in [5.74, 6) is 3.31. The van der Waals surface area contributed by atoms with E-state index in [1.807, 2.05) is 20.0 Å². The minimum Gasteiger partial charge on any atom is -0.373 e. The Kier molecular flexibility index (Phi) is 3.82. The molecule has 0 amide bonds. The fourth-order valence-electron chi connectivity index (χ4n) is 2.02. The number of nitrogens with one attached hydrogen (secondary N) is 2. The molecule has 0 atom stereocenters. The Hall–Kier alpha value is -1.69. The second-order valence-corrected chi connectivity index (χ2v) is 6.02. The van der Waals surface area contributed by atoms with Gasteiger partial charge in [-0.3, -0.25) is 0 Å².